The highest BCUT2D eigenvalue weighted by atomic mass is 15.3. The summed E-state index contributed by atoms with van der Waals surface area (Å²) in [5.74, 6) is 1.45. The first-order valence-corrected chi connectivity index (χ1v) is 8.06. The van der Waals surface area contributed by atoms with Crippen LogP contribution in [-0.4, -0.2) is 19.7 Å². The zero-order valence-corrected chi connectivity index (χ0v) is 13.8. The fourth-order valence-electron chi connectivity index (χ4n) is 2.69. The molecule has 0 aliphatic heterocycles. The molecule has 5 heteroatoms. The summed E-state index contributed by atoms with van der Waals surface area (Å²) >= 11 is 0. The number of aryl methyl sites for hydroxylation is 1. The number of nitrogens with zero attached hydrogens (tertiary/aromatic N) is 4. The lowest BCUT2D eigenvalue weighted by Crippen LogP contribution is -2.04. The summed E-state index contributed by atoms with van der Waals surface area (Å²) in [5.41, 5.74) is 4.02. The molecule has 2 heterocycles. The quantitative estimate of drug-likeness (QED) is 0.604. The van der Waals surface area contributed by atoms with Crippen molar-refractivity contribution in [3.63, 3.8) is 0 Å². The number of para-hydroxylation sites is 1. The largest absolute Gasteiger partial charge is 0.340 e. The Morgan fingerprint density at radius 2 is 1.56 bits per heavy atom. The van der Waals surface area contributed by atoms with Crippen molar-refractivity contribution in [2.45, 2.75) is 6.92 Å². The first-order chi connectivity index (χ1) is 12.3. The molecule has 122 valence electrons. The number of rotatable bonds is 4. The molecule has 0 atom stereocenters. The number of aromatic nitrogens is 4. The smallest absolute Gasteiger partial charge is 0.159 e. The Bertz CT molecular complexity index is 977. The average molecular weight is 327 g/mol. The minimum absolute atomic E-state index is 0.723. The van der Waals surface area contributed by atoms with Crippen LogP contribution in [0.1, 0.15) is 5.69 Å². The fourth-order valence-corrected chi connectivity index (χ4v) is 2.69. The van der Waals surface area contributed by atoms with Crippen molar-refractivity contribution in [2.75, 3.05) is 5.32 Å². The molecule has 0 spiro atoms. The van der Waals surface area contributed by atoms with Crippen LogP contribution in [0.2, 0.25) is 0 Å². The van der Waals surface area contributed by atoms with Gasteiger partial charge in [-0.15, -0.1) is 0 Å². The highest BCUT2D eigenvalue weighted by Crippen LogP contribution is 2.24. The third-order valence-electron chi connectivity index (χ3n) is 3.82. The van der Waals surface area contributed by atoms with Crippen LogP contribution in [0, 0.1) is 6.92 Å². The van der Waals surface area contributed by atoms with Gasteiger partial charge in [0.1, 0.15) is 12.1 Å². The van der Waals surface area contributed by atoms with E-state index in [-0.39, 0.29) is 0 Å². The summed E-state index contributed by atoms with van der Waals surface area (Å²) in [4.78, 5) is 8.71. The van der Waals surface area contributed by atoms with Gasteiger partial charge in [-0.1, -0.05) is 48.5 Å². The molecule has 0 radical (unpaired) electrons. The van der Waals surface area contributed by atoms with Crippen LogP contribution in [-0.2, 0) is 0 Å². The second-order valence-electron chi connectivity index (χ2n) is 5.70. The Kier molecular flexibility index (Phi) is 3.96. The molecule has 2 aromatic heterocycles. The third kappa shape index (κ3) is 3.26. The highest BCUT2D eigenvalue weighted by Gasteiger charge is 2.11. The van der Waals surface area contributed by atoms with Crippen LogP contribution in [0.15, 0.2) is 79.1 Å². The standard InChI is InChI=1S/C20H17N5/c1-15-12-18(16-8-4-2-5-9-16)25(24-15)20-13-19(21-14-22-20)23-17-10-6-3-7-11-17/h2-14H,1H3,(H,21,22,23). The van der Waals surface area contributed by atoms with E-state index in [0.29, 0.717) is 0 Å². The fraction of sp³-hybridized carbons (Fsp3) is 0.0500. The van der Waals surface area contributed by atoms with Crippen LogP contribution in [0.3, 0.4) is 0 Å². The van der Waals surface area contributed by atoms with E-state index in [1.807, 2.05) is 66.2 Å². The van der Waals surface area contributed by atoms with Crippen LogP contribution in [0.4, 0.5) is 11.5 Å². The molecule has 0 bridgehead atoms. The average Bonchev–Trinajstić information content (AvgIpc) is 3.05. The van der Waals surface area contributed by atoms with E-state index in [4.69, 9.17) is 0 Å². The Hall–Kier alpha value is -3.47. The third-order valence-corrected chi connectivity index (χ3v) is 3.82. The zero-order valence-electron chi connectivity index (χ0n) is 13.8. The molecule has 0 fully saturated rings. The van der Waals surface area contributed by atoms with Crippen molar-refractivity contribution in [2.24, 2.45) is 0 Å². The number of hydrogen-bond acceptors (Lipinski definition) is 4. The van der Waals surface area contributed by atoms with Crippen LogP contribution in [0.25, 0.3) is 17.1 Å². The molecule has 0 saturated heterocycles. The molecule has 1 N–H and O–H groups in total. The predicted molar refractivity (Wildman–Crippen MR) is 99.1 cm³/mol. The van der Waals surface area contributed by atoms with Gasteiger partial charge in [-0.25, -0.2) is 14.6 Å². The molecule has 4 aromatic rings. The summed E-state index contributed by atoms with van der Waals surface area (Å²) in [6.07, 6.45) is 1.55. The lowest BCUT2D eigenvalue weighted by molar-refractivity contribution is 0.833. The SMILES string of the molecule is Cc1cc(-c2ccccc2)n(-c2cc(Nc3ccccc3)ncn2)n1. The minimum atomic E-state index is 0.723. The molecule has 25 heavy (non-hydrogen) atoms. The summed E-state index contributed by atoms with van der Waals surface area (Å²) in [6.45, 7) is 1.98. The molecule has 0 aliphatic rings. The second kappa shape index (κ2) is 6.57. The van der Waals surface area contributed by atoms with Crippen molar-refractivity contribution >= 4 is 11.5 Å². The summed E-state index contributed by atoms with van der Waals surface area (Å²) < 4.78 is 1.85. The van der Waals surface area contributed by atoms with E-state index >= 15 is 0 Å². The van der Waals surface area contributed by atoms with Crippen LogP contribution >= 0.6 is 0 Å². The lowest BCUT2D eigenvalue weighted by atomic mass is 10.1. The molecule has 0 amide bonds. The highest BCUT2D eigenvalue weighted by molar-refractivity contribution is 5.63. The number of benzene rings is 2. The normalized spacial score (nSPS) is 10.6. The summed E-state index contributed by atoms with van der Waals surface area (Å²) in [6, 6.07) is 24.1. The number of nitrogens with one attached hydrogen (secondary N) is 1. The zero-order chi connectivity index (χ0) is 17.1. The van der Waals surface area contributed by atoms with Crippen molar-refractivity contribution < 1.29 is 0 Å². The molecular formula is C20H17N5. The number of anilines is 2. The first kappa shape index (κ1) is 15.1. The molecule has 2 aromatic carbocycles. The van der Waals surface area contributed by atoms with Gasteiger partial charge in [-0.05, 0) is 25.1 Å². The summed E-state index contributed by atoms with van der Waals surface area (Å²) in [5, 5.41) is 7.89. The summed E-state index contributed by atoms with van der Waals surface area (Å²) in [7, 11) is 0. The first-order valence-electron chi connectivity index (χ1n) is 8.06. The maximum Gasteiger partial charge on any atom is 0.159 e. The van der Waals surface area contributed by atoms with E-state index in [0.717, 1.165) is 34.3 Å². The van der Waals surface area contributed by atoms with Gasteiger partial charge in [0.15, 0.2) is 5.82 Å². The maximum absolute atomic E-state index is 4.60. The molecule has 0 aliphatic carbocycles. The molecule has 4 rings (SSSR count). The van der Waals surface area contributed by atoms with E-state index in [9.17, 15) is 0 Å². The molecule has 5 nitrogen and oxygen atoms in total. The minimum Gasteiger partial charge on any atom is -0.340 e. The Morgan fingerprint density at radius 1 is 0.840 bits per heavy atom. The topological polar surface area (TPSA) is 55.6 Å². The lowest BCUT2D eigenvalue weighted by Gasteiger charge is -2.09. The van der Waals surface area contributed by atoms with Crippen molar-refractivity contribution in [1.82, 2.24) is 19.7 Å². The predicted octanol–water partition coefficient (Wildman–Crippen LogP) is 4.38. The van der Waals surface area contributed by atoms with E-state index in [1.54, 1.807) is 6.33 Å². The Balaban J connectivity index is 1.73. The van der Waals surface area contributed by atoms with E-state index in [2.05, 4.69) is 38.6 Å². The van der Waals surface area contributed by atoms with Gasteiger partial charge >= 0.3 is 0 Å². The second-order valence-corrected chi connectivity index (χ2v) is 5.70. The Morgan fingerprint density at radius 3 is 2.32 bits per heavy atom. The van der Waals surface area contributed by atoms with Crippen LogP contribution in [0.5, 0.6) is 0 Å². The molecule has 0 unspecified atom stereocenters. The van der Waals surface area contributed by atoms with Crippen molar-refractivity contribution in [3.8, 4) is 17.1 Å². The van der Waals surface area contributed by atoms with Crippen LogP contribution < -0.4 is 5.32 Å². The van der Waals surface area contributed by atoms with Gasteiger partial charge in [0.05, 0.1) is 11.4 Å². The van der Waals surface area contributed by atoms with Gasteiger partial charge in [0, 0.05) is 17.3 Å². The van der Waals surface area contributed by atoms with E-state index in [1.165, 1.54) is 0 Å². The monoisotopic (exact) mass is 327 g/mol. The molecule has 0 saturated carbocycles. The molecular weight excluding hydrogens is 310 g/mol. The van der Waals surface area contributed by atoms with Gasteiger partial charge in [-0.3, -0.25) is 0 Å². The number of hydrogen-bond donors (Lipinski definition) is 1. The Labute approximate surface area is 146 Å². The van der Waals surface area contributed by atoms with Crippen molar-refractivity contribution in [3.05, 3.63) is 84.8 Å². The van der Waals surface area contributed by atoms with Gasteiger partial charge in [0.2, 0.25) is 0 Å². The van der Waals surface area contributed by atoms with Gasteiger partial charge in [-0.2, -0.15) is 5.10 Å². The van der Waals surface area contributed by atoms with Gasteiger partial charge < -0.3 is 5.32 Å². The maximum atomic E-state index is 4.60. The van der Waals surface area contributed by atoms with Gasteiger partial charge in [0.25, 0.3) is 0 Å². The van der Waals surface area contributed by atoms with E-state index < -0.39 is 0 Å². The van der Waals surface area contributed by atoms with Crippen molar-refractivity contribution in [1.29, 1.82) is 0 Å².